The standard InChI is InChI=1S/C18H16N2O3S/c1-2-12-3-6-14(19-10-12)11-23-15-7-4-13(5-8-15)9-16-17(21)20-18(22)24-16/h3-10H,2,11H2,1H3,(H,20,21,22)/b16-9-. The van der Waals surface area contributed by atoms with Gasteiger partial charge in [0.2, 0.25) is 0 Å². The fraction of sp³-hybridized carbons (Fsp3) is 0.167. The molecule has 2 aromatic rings. The molecule has 24 heavy (non-hydrogen) atoms. The van der Waals surface area contributed by atoms with Crippen LogP contribution in [0.5, 0.6) is 5.75 Å². The van der Waals surface area contributed by atoms with Gasteiger partial charge in [-0.25, -0.2) is 0 Å². The lowest BCUT2D eigenvalue weighted by molar-refractivity contribution is -0.115. The second-order valence-corrected chi connectivity index (χ2v) is 6.24. The monoisotopic (exact) mass is 340 g/mol. The summed E-state index contributed by atoms with van der Waals surface area (Å²) in [5, 5.41) is 1.89. The number of carbonyl (C=O) groups excluding carboxylic acids is 2. The van der Waals surface area contributed by atoms with Crippen molar-refractivity contribution in [3.05, 3.63) is 64.3 Å². The van der Waals surface area contributed by atoms with Gasteiger partial charge in [-0.05, 0) is 53.6 Å². The number of carbonyl (C=O) groups is 2. The number of aromatic nitrogens is 1. The Balaban J connectivity index is 1.61. The molecule has 0 bridgehead atoms. The third-order valence-corrected chi connectivity index (χ3v) is 4.31. The Morgan fingerprint density at radius 1 is 1.17 bits per heavy atom. The molecule has 1 aromatic carbocycles. The van der Waals surface area contributed by atoms with Gasteiger partial charge < -0.3 is 4.74 Å². The van der Waals surface area contributed by atoms with E-state index in [9.17, 15) is 9.59 Å². The summed E-state index contributed by atoms with van der Waals surface area (Å²) in [4.78, 5) is 27.4. The van der Waals surface area contributed by atoms with E-state index in [-0.39, 0.29) is 11.1 Å². The predicted molar refractivity (Wildman–Crippen MR) is 93.5 cm³/mol. The number of thioether (sulfide) groups is 1. The first kappa shape index (κ1) is 16.3. The summed E-state index contributed by atoms with van der Waals surface area (Å²) in [5.41, 5.74) is 2.90. The van der Waals surface area contributed by atoms with E-state index in [1.54, 1.807) is 6.08 Å². The predicted octanol–water partition coefficient (Wildman–Crippen LogP) is 3.55. The first-order valence-corrected chi connectivity index (χ1v) is 8.37. The van der Waals surface area contributed by atoms with Crippen molar-refractivity contribution in [1.29, 1.82) is 0 Å². The zero-order valence-electron chi connectivity index (χ0n) is 13.1. The fourth-order valence-corrected chi connectivity index (χ4v) is 2.82. The maximum Gasteiger partial charge on any atom is 0.290 e. The highest BCUT2D eigenvalue weighted by atomic mass is 32.2. The smallest absolute Gasteiger partial charge is 0.290 e. The van der Waals surface area contributed by atoms with Gasteiger partial charge in [0.1, 0.15) is 12.4 Å². The van der Waals surface area contributed by atoms with E-state index in [0.717, 1.165) is 35.2 Å². The molecule has 1 aliphatic heterocycles. The number of nitrogens with zero attached hydrogens (tertiary/aromatic N) is 1. The van der Waals surface area contributed by atoms with Crippen molar-refractivity contribution in [2.24, 2.45) is 0 Å². The number of benzene rings is 1. The quantitative estimate of drug-likeness (QED) is 0.843. The molecule has 1 aromatic heterocycles. The number of rotatable bonds is 5. The number of pyridine rings is 1. The molecule has 1 fully saturated rings. The van der Waals surface area contributed by atoms with Gasteiger partial charge in [-0.15, -0.1) is 0 Å². The minimum Gasteiger partial charge on any atom is -0.487 e. The highest BCUT2D eigenvalue weighted by Gasteiger charge is 2.24. The van der Waals surface area contributed by atoms with Gasteiger partial charge in [-0.3, -0.25) is 19.9 Å². The number of amides is 2. The molecule has 2 heterocycles. The van der Waals surface area contributed by atoms with Crippen molar-refractivity contribution < 1.29 is 14.3 Å². The zero-order valence-corrected chi connectivity index (χ0v) is 13.9. The van der Waals surface area contributed by atoms with Gasteiger partial charge in [-0.2, -0.15) is 0 Å². The molecule has 0 radical (unpaired) electrons. The Morgan fingerprint density at radius 2 is 1.96 bits per heavy atom. The number of hydrogen-bond donors (Lipinski definition) is 1. The molecule has 122 valence electrons. The molecule has 5 nitrogen and oxygen atoms in total. The lowest BCUT2D eigenvalue weighted by Crippen LogP contribution is -2.17. The Bertz CT molecular complexity index is 783. The number of ether oxygens (including phenoxy) is 1. The van der Waals surface area contributed by atoms with Crippen molar-refractivity contribution in [3.63, 3.8) is 0 Å². The van der Waals surface area contributed by atoms with E-state index in [1.807, 2.05) is 42.6 Å². The second-order valence-electron chi connectivity index (χ2n) is 5.22. The van der Waals surface area contributed by atoms with Crippen LogP contribution < -0.4 is 10.1 Å². The fourth-order valence-electron chi connectivity index (χ4n) is 2.14. The lowest BCUT2D eigenvalue weighted by atomic mass is 10.2. The molecule has 0 spiro atoms. The van der Waals surface area contributed by atoms with Crippen LogP contribution in [0.2, 0.25) is 0 Å². The van der Waals surface area contributed by atoms with Crippen LogP contribution in [0.15, 0.2) is 47.5 Å². The van der Waals surface area contributed by atoms with E-state index in [2.05, 4.69) is 17.2 Å². The normalized spacial score (nSPS) is 15.6. The molecular formula is C18H16N2O3S. The Hall–Kier alpha value is -2.60. The lowest BCUT2D eigenvalue weighted by Gasteiger charge is -2.06. The van der Waals surface area contributed by atoms with Crippen LogP contribution in [0.1, 0.15) is 23.7 Å². The molecule has 1 aliphatic rings. The number of imide groups is 1. The third kappa shape index (κ3) is 4.02. The van der Waals surface area contributed by atoms with Crippen LogP contribution in [0.25, 0.3) is 6.08 Å². The number of aryl methyl sites for hydroxylation is 1. The van der Waals surface area contributed by atoms with Gasteiger partial charge in [-0.1, -0.05) is 25.1 Å². The maximum absolute atomic E-state index is 11.5. The Morgan fingerprint density at radius 3 is 2.54 bits per heavy atom. The summed E-state index contributed by atoms with van der Waals surface area (Å²) in [6.07, 6.45) is 4.51. The maximum atomic E-state index is 11.5. The number of nitrogens with one attached hydrogen (secondary N) is 1. The topological polar surface area (TPSA) is 68.3 Å². The van der Waals surface area contributed by atoms with Crippen LogP contribution in [0.3, 0.4) is 0 Å². The Labute approximate surface area is 144 Å². The second kappa shape index (κ2) is 7.31. The van der Waals surface area contributed by atoms with Crippen molar-refractivity contribution >= 4 is 29.0 Å². The summed E-state index contributed by atoms with van der Waals surface area (Å²) in [5.74, 6) is 0.366. The zero-order chi connectivity index (χ0) is 16.9. The molecule has 1 N–H and O–H groups in total. The highest BCUT2D eigenvalue weighted by molar-refractivity contribution is 8.18. The van der Waals surface area contributed by atoms with E-state index in [1.165, 1.54) is 5.56 Å². The summed E-state index contributed by atoms with van der Waals surface area (Å²) in [6, 6.07) is 11.3. The van der Waals surface area contributed by atoms with Crippen LogP contribution in [-0.4, -0.2) is 16.1 Å². The average Bonchev–Trinajstić information content (AvgIpc) is 2.92. The molecule has 0 saturated carbocycles. The minimum absolute atomic E-state index is 0.340. The number of hydrogen-bond acceptors (Lipinski definition) is 5. The van der Waals surface area contributed by atoms with Crippen molar-refractivity contribution in [2.75, 3.05) is 0 Å². The molecule has 2 amide bonds. The van der Waals surface area contributed by atoms with Crippen molar-refractivity contribution in [2.45, 2.75) is 20.0 Å². The Kier molecular flexibility index (Phi) is 4.96. The molecule has 1 saturated heterocycles. The molecule has 0 aliphatic carbocycles. The SMILES string of the molecule is CCc1ccc(COc2ccc(/C=C3\SC(=O)NC3=O)cc2)nc1. The van der Waals surface area contributed by atoms with Gasteiger partial charge >= 0.3 is 0 Å². The first-order valence-electron chi connectivity index (χ1n) is 7.55. The summed E-state index contributed by atoms with van der Waals surface area (Å²) in [7, 11) is 0. The van der Waals surface area contributed by atoms with Gasteiger partial charge in [0.05, 0.1) is 10.6 Å². The van der Waals surface area contributed by atoms with Crippen LogP contribution in [0.4, 0.5) is 4.79 Å². The van der Waals surface area contributed by atoms with Crippen molar-refractivity contribution in [1.82, 2.24) is 10.3 Å². The van der Waals surface area contributed by atoms with E-state index in [0.29, 0.717) is 11.5 Å². The summed E-state index contributed by atoms with van der Waals surface area (Å²) >= 11 is 0.905. The van der Waals surface area contributed by atoms with E-state index in [4.69, 9.17) is 4.74 Å². The van der Waals surface area contributed by atoms with Crippen LogP contribution in [0, 0.1) is 0 Å². The van der Waals surface area contributed by atoms with Gasteiger partial charge in [0.15, 0.2) is 0 Å². The van der Waals surface area contributed by atoms with Crippen LogP contribution in [-0.2, 0) is 17.8 Å². The third-order valence-electron chi connectivity index (χ3n) is 3.50. The van der Waals surface area contributed by atoms with E-state index >= 15 is 0 Å². The van der Waals surface area contributed by atoms with E-state index < -0.39 is 0 Å². The molecule has 0 atom stereocenters. The molecule has 6 heteroatoms. The van der Waals surface area contributed by atoms with Crippen LogP contribution >= 0.6 is 11.8 Å². The van der Waals surface area contributed by atoms with Gasteiger partial charge in [0.25, 0.3) is 11.1 Å². The highest BCUT2D eigenvalue weighted by Crippen LogP contribution is 2.26. The van der Waals surface area contributed by atoms with Gasteiger partial charge in [0, 0.05) is 6.20 Å². The molecular weight excluding hydrogens is 324 g/mol. The molecule has 0 unspecified atom stereocenters. The minimum atomic E-state index is -0.355. The average molecular weight is 340 g/mol. The van der Waals surface area contributed by atoms with Crippen molar-refractivity contribution in [3.8, 4) is 5.75 Å². The summed E-state index contributed by atoms with van der Waals surface area (Å²) in [6.45, 7) is 2.49. The molecule has 3 rings (SSSR count). The largest absolute Gasteiger partial charge is 0.487 e. The summed E-state index contributed by atoms with van der Waals surface area (Å²) < 4.78 is 5.71. The first-order chi connectivity index (χ1) is 11.6.